The number of carbonyl (C=O) groups excluding carboxylic acids is 2. The van der Waals surface area contributed by atoms with Crippen LogP contribution in [0.2, 0.25) is 5.02 Å². The van der Waals surface area contributed by atoms with Gasteiger partial charge in [-0.05, 0) is 31.4 Å². The van der Waals surface area contributed by atoms with Crippen molar-refractivity contribution in [3.8, 4) is 5.75 Å². The van der Waals surface area contributed by atoms with Crippen molar-refractivity contribution >= 4 is 29.5 Å². The van der Waals surface area contributed by atoms with E-state index in [1.54, 1.807) is 0 Å². The molecule has 1 aromatic carbocycles. The molecule has 0 heterocycles. The molecule has 1 aromatic rings. The number of ether oxygens (including phenoxy) is 1. The first-order chi connectivity index (χ1) is 12.2. The molecule has 0 radical (unpaired) electrons. The molecule has 2 bridgehead atoms. The molecule has 3 amide bonds. The van der Waals surface area contributed by atoms with E-state index in [0.717, 1.165) is 6.07 Å². The molecule has 26 heavy (non-hydrogen) atoms. The Kier molecular flexibility index (Phi) is 4.66. The van der Waals surface area contributed by atoms with E-state index in [2.05, 4.69) is 10.6 Å². The zero-order valence-corrected chi connectivity index (χ0v) is 14.4. The van der Waals surface area contributed by atoms with Gasteiger partial charge in [-0.1, -0.05) is 11.6 Å². The Morgan fingerprint density at radius 3 is 2.35 bits per heavy atom. The second kappa shape index (κ2) is 6.64. The lowest BCUT2D eigenvalue weighted by atomic mass is 9.44. The Bertz CT molecular complexity index is 752. The number of benzene rings is 1. The third-order valence-corrected chi connectivity index (χ3v) is 4.81. The van der Waals surface area contributed by atoms with Crippen LogP contribution in [-0.4, -0.2) is 47.2 Å². The van der Waals surface area contributed by atoms with Crippen LogP contribution in [0.3, 0.4) is 0 Å². The molecule has 0 atom stereocenters. The number of carbonyl (C=O) groups is 3. The van der Waals surface area contributed by atoms with Crippen LogP contribution in [-0.2, 0) is 9.59 Å². The van der Waals surface area contributed by atoms with Crippen LogP contribution >= 0.6 is 11.6 Å². The van der Waals surface area contributed by atoms with Crippen LogP contribution in [0.25, 0.3) is 0 Å². The highest BCUT2D eigenvalue weighted by molar-refractivity contribution is 6.30. The number of nitrogens with one attached hydrogen (secondary N) is 3. The Morgan fingerprint density at radius 1 is 1.15 bits per heavy atom. The van der Waals surface area contributed by atoms with Crippen molar-refractivity contribution in [2.24, 2.45) is 0 Å². The molecule has 0 saturated heterocycles. The summed E-state index contributed by atoms with van der Waals surface area (Å²) in [6.45, 7) is -0.563. The van der Waals surface area contributed by atoms with E-state index in [9.17, 15) is 18.8 Å². The van der Waals surface area contributed by atoms with E-state index in [-0.39, 0.29) is 40.9 Å². The molecule has 3 aliphatic carbocycles. The van der Waals surface area contributed by atoms with E-state index in [1.165, 1.54) is 12.1 Å². The molecule has 3 fully saturated rings. The van der Waals surface area contributed by atoms with Gasteiger partial charge in [0.2, 0.25) is 5.91 Å². The van der Waals surface area contributed by atoms with Gasteiger partial charge >= 0.3 is 6.09 Å². The number of halogens is 2. The summed E-state index contributed by atoms with van der Waals surface area (Å²) >= 11 is 5.57. The maximum atomic E-state index is 13.3. The Hall–Kier alpha value is -2.55. The van der Waals surface area contributed by atoms with Crippen LogP contribution < -0.4 is 20.7 Å². The second-order valence-corrected chi connectivity index (χ2v) is 7.12. The van der Waals surface area contributed by atoms with Crippen LogP contribution in [0.1, 0.15) is 19.3 Å². The van der Waals surface area contributed by atoms with Crippen molar-refractivity contribution in [2.75, 3.05) is 13.2 Å². The standard InChI is InChI=1S/C16H17ClFN3O5/c17-10-2-1-9(3-11(10)18)26-5-13(23)21-16-6-15(7-16,8-16)20-12(22)4-19-14(24)25/h1-3,19H,4-8H2,(H,20,22)(H,21,23)(H,24,25). The van der Waals surface area contributed by atoms with Crippen LogP contribution in [0.4, 0.5) is 9.18 Å². The molecule has 0 spiro atoms. The first kappa shape index (κ1) is 18.2. The Labute approximate surface area is 153 Å². The molecule has 8 nitrogen and oxygen atoms in total. The number of amides is 3. The van der Waals surface area contributed by atoms with Crippen LogP contribution in [0.5, 0.6) is 5.75 Å². The average molecular weight is 386 g/mol. The summed E-state index contributed by atoms with van der Waals surface area (Å²) in [5.74, 6) is -1.17. The van der Waals surface area contributed by atoms with Crippen molar-refractivity contribution in [2.45, 2.75) is 30.3 Å². The summed E-state index contributed by atoms with van der Waals surface area (Å²) in [5.41, 5.74) is -0.732. The molecule has 4 rings (SSSR count). The van der Waals surface area contributed by atoms with Crippen molar-refractivity contribution in [1.82, 2.24) is 16.0 Å². The van der Waals surface area contributed by atoms with Gasteiger partial charge in [-0.25, -0.2) is 9.18 Å². The fourth-order valence-corrected chi connectivity index (χ4v) is 3.71. The zero-order valence-electron chi connectivity index (χ0n) is 13.6. The minimum Gasteiger partial charge on any atom is -0.484 e. The normalized spacial score (nSPS) is 25.3. The van der Waals surface area contributed by atoms with Gasteiger partial charge in [-0.2, -0.15) is 0 Å². The van der Waals surface area contributed by atoms with Gasteiger partial charge in [0.15, 0.2) is 6.61 Å². The van der Waals surface area contributed by atoms with Gasteiger partial charge in [-0.3, -0.25) is 9.59 Å². The molecule has 0 aliphatic heterocycles. The molecule has 140 valence electrons. The van der Waals surface area contributed by atoms with E-state index >= 15 is 0 Å². The van der Waals surface area contributed by atoms with Gasteiger partial charge in [0, 0.05) is 17.1 Å². The highest BCUT2D eigenvalue weighted by Crippen LogP contribution is 2.60. The number of hydrogen-bond donors (Lipinski definition) is 4. The van der Waals surface area contributed by atoms with Gasteiger partial charge in [0.05, 0.1) is 5.02 Å². The second-order valence-electron chi connectivity index (χ2n) is 6.71. The summed E-state index contributed by atoms with van der Waals surface area (Å²) in [7, 11) is 0. The minimum atomic E-state index is -1.26. The van der Waals surface area contributed by atoms with E-state index < -0.39 is 17.8 Å². The van der Waals surface area contributed by atoms with E-state index in [0.29, 0.717) is 19.3 Å². The summed E-state index contributed by atoms with van der Waals surface area (Å²) < 4.78 is 18.5. The summed E-state index contributed by atoms with van der Waals surface area (Å²) in [4.78, 5) is 34.0. The first-order valence-corrected chi connectivity index (χ1v) is 8.25. The summed E-state index contributed by atoms with van der Waals surface area (Å²) in [6, 6.07) is 3.92. The average Bonchev–Trinajstić information content (AvgIpc) is 2.51. The monoisotopic (exact) mass is 385 g/mol. The molecule has 10 heteroatoms. The quantitative estimate of drug-likeness (QED) is 0.559. The first-order valence-electron chi connectivity index (χ1n) is 7.88. The maximum Gasteiger partial charge on any atom is 0.405 e. The number of rotatable bonds is 7. The van der Waals surface area contributed by atoms with Crippen LogP contribution in [0.15, 0.2) is 18.2 Å². The maximum absolute atomic E-state index is 13.3. The fraction of sp³-hybridized carbons (Fsp3) is 0.438. The predicted octanol–water partition coefficient (Wildman–Crippen LogP) is 1.03. The molecule has 0 aromatic heterocycles. The van der Waals surface area contributed by atoms with Crippen LogP contribution in [0, 0.1) is 5.82 Å². The smallest absolute Gasteiger partial charge is 0.405 e. The molecule has 3 saturated carbocycles. The van der Waals surface area contributed by atoms with E-state index in [4.69, 9.17) is 21.4 Å². The summed E-state index contributed by atoms with van der Waals surface area (Å²) in [6.07, 6.45) is 0.488. The van der Waals surface area contributed by atoms with Gasteiger partial charge in [0.25, 0.3) is 5.91 Å². The third kappa shape index (κ3) is 3.82. The summed E-state index contributed by atoms with van der Waals surface area (Å²) in [5, 5.41) is 16.1. The highest BCUT2D eigenvalue weighted by Gasteiger charge is 2.69. The number of carboxylic acid groups (broad SMARTS) is 1. The zero-order chi connectivity index (χ0) is 18.9. The van der Waals surface area contributed by atoms with Gasteiger partial charge in [0.1, 0.15) is 18.1 Å². The Morgan fingerprint density at radius 2 is 1.77 bits per heavy atom. The third-order valence-electron chi connectivity index (χ3n) is 4.50. The van der Waals surface area contributed by atoms with Crippen molar-refractivity contribution in [1.29, 1.82) is 0 Å². The lowest BCUT2D eigenvalue weighted by Gasteiger charge is -2.70. The van der Waals surface area contributed by atoms with E-state index in [1.807, 2.05) is 5.32 Å². The fourth-order valence-electron chi connectivity index (χ4n) is 3.60. The largest absolute Gasteiger partial charge is 0.484 e. The number of hydrogen-bond acceptors (Lipinski definition) is 4. The van der Waals surface area contributed by atoms with Crippen molar-refractivity contribution < 1.29 is 28.6 Å². The topological polar surface area (TPSA) is 117 Å². The molecular formula is C16H17ClFN3O5. The molecule has 3 aliphatic rings. The molecule has 0 unspecified atom stereocenters. The predicted molar refractivity (Wildman–Crippen MR) is 88.5 cm³/mol. The van der Waals surface area contributed by atoms with Gasteiger partial charge in [-0.15, -0.1) is 0 Å². The highest BCUT2D eigenvalue weighted by atomic mass is 35.5. The Balaban J connectivity index is 1.39. The lowest BCUT2D eigenvalue weighted by molar-refractivity contribution is -0.150. The molecular weight excluding hydrogens is 369 g/mol. The SMILES string of the molecule is O=C(O)NCC(=O)NC12CC(NC(=O)COc3ccc(Cl)c(F)c3)(C1)C2. The van der Waals surface area contributed by atoms with Crippen molar-refractivity contribution in [3.63, 3.8) is 0 Å². The molecule has 4 N–H and O–H groups in total. The van der Waals surface area contributed by atoms with Crippen molar-refractivity contribution in [3.05, 3.63) is 29.0 Å². The minimum absolute atomic E-state index is 0.0263. The lowest BCUT2D eigenvalue weighted by Crippen LogP contribution is -2.84. The van der Waals surface area contributed by atoms with Gasteiger partial charge < -0.3 is 25.8 Å².